The van der Waals surface area contributed by atoms with Gasteiger partial charge in [-0.15, -0.1) is 0 Å². The molecule has 1 aromatic carbocycles. The fraction of sp³-hybridized carbons (Fsp3) is 0.333. The Bertz CT molecular complexity index is 689. The van der Waals surface area contributed by atoms with Gasteiger partial charge in [0.25, 0.3) is 5.91 Å². The molecule has 0 bridgehead atoms. The number of amides is 2. The fourth-order valence-corrected chi connectivity index (χ4v) is 2.09. The largest absolute Gasteiger partial charge is 0.463 e. The fourth-order valence-electron chi connectivity index (χ4n) is 1.87. The summed E-state index contributed by atoms with van der Waals surface area (Å²) in [5, 5.41) is 8.10. The maximum absolute atomic E-state index is 12.0. The van der Waals surface area contributed by atoms with Crippen LogP contribution in [0.25, 0.3) is 0 Å². The Hall–Kier alpha value is -2.74. The highest BCUT2D eigenvalue weighted by atomic mass is 32.1. The van der Waals surface area contributed by atoms with Crippen molar-refractivity contribution in [1.29, 1.82) is 0 Å². The summed E-state index contributed by atoms with van der Waals surface area (Å²) in [6, 6.07) is 6.75. The Labute approximate surface area is 158 Å². The van der Waals surface area contributed by atoms with Gasteiger partial charge in [-0.2, -0.15) is 0 Å². The Morgan fingerprint density at radius 1 is 1.19 bits per heavy atom. The Morgan fingerprint density at radius 2 is 1.96 bits per heavy atom. The summed E-state index contributed by atoms with van der Waals surface area (Å²) in [7, 11) is 0. The van der Waals surface area contributed by atoms with E-state index >= 15 is 0 Å². The monoisotopic (exact) mass is 377 g/mol. The highest BCUT2D eigenvalue weighted by Gasteiger charge is 2.07. The van der Waals surface area contributed by atoms with Gasteiger partial charge in [-0.1, -0.05) is 19.4 Å². The number of rotatable bonds is 8. The molecule has 0 fully saturated rings. The van der Waals surface area contributed by atoms with Crippen molar-refractivity contribution in [1.82, 2.24) is 10.6 Å². The molecule has 1 rings (SSSR count). The summed E-state index contributed by atoms with van der Waals surface area (Å²) in [5.74, 6) is -1.35. The average molecular weight is 377 g/mol. The zero-order chi connectivity index (χ0) is 19.4. The van der Waals surface area contributed by atoms with Crippen LogP contribution in [0, 0.1) is 0 Å². The van der Waals surface area contributed by atoms with Crippen LogP contribution in [-0.2, 0) is 14.3 Å². The lowest BCUT2D eigenvalue weighted by Gasteiger charge is -2.10. The van der Waals surface area contributed by atoms with Gasteiger partial charge in [-0.25, -0.2) is 4.79 Å². The number of carbonyl (C=O) groups is 3. The smallest absolute Gasteiger partial charge is 0.330 e. The number of carbonyl (C=O) groups excluding carboxylic acids is 3. The third kappa shape index (κ3) is 8.39. The van der Waals surface area contributed by atoms with Crippen LogP contribution in [0.5, 0.6) is 0 Å². The van der Waals surface area contributed by atoms with E-state index < -0.39 is 11.9 Å². The molecule has 0 aliphatic heterocycles. The van der Waals surface area contributed by atoms with Crippen LogP contribution in [0.4, 0.5) is 5.69 Å². The summed E-state index contributed by atoms with van der Waals surface area (Å²) in [5.41, 5.74) is 1.05. The number of hydrogen-bond donors (Lipinski definition) is 3. The molecule has 0 aromatic heterocycles. The Kier molecular flexibility index (Phi) is 9.63. The van der Waals surface area contributed by atoms with E-state index in [9.17, 15) is 14.4 Å². The number of anilines is 1. The van der Waals surface area contributed by atoms with Crippen molar-refractivity contribution in [3.05, 3.63) is 42.0 Å². The summed E-state index contributed by atoms with van der Waals surface area (Å²) in [6.07, 6.45) is 3.96. The van der Waals surface area contributed by atoms with E-state index in [4.69, 9.17) is 12.2 Å². The van der Waals surface area contributed by atoms with E-state index in [0.29, 0.717) is 17.8 Å². The zero-order valence-corrected chi connectivity index (χ0v) is 15.7. The third-order valence-corrected chi connectivity index (χ3v) is 3.30. The molecule has 140 valence electrons. The van der Waals surface area contributed by atoms with Crippen molar-refractivity contribution < 1.29 is 19.1 Å². The standard InChI is InChI=1S/C18H23N3O4S/c1-3-5-11-19-17(24)13-7-6-8-14(12-13)20-18(26)21-15(22)9-10-16(23)25-4-2/h6-10,12H,3-5,11H2,1-2H3,(H,19,24)(H2,20,21,22,26). The van der Waals surface area contributed by atoms with Crippen LogP contribution in [0.3, 0.4) is 0 Å². The first-order valence-electron chi connectivity index (χ1n) is 8.31. The van der Waals surface area contributed by atoms with E-state index in [-0.39, 0.29) is 17.6 Å². The van der Waals surface area contributed by atoms with Crippen molar-refractivity contribution in [2.24, 2.45) is 0 Å². The normalized spacial score (nSPS) is 10.2. The van der Waals surface area contributed by atoms with Crippen molar-refractivity contribution in [3.63, 3.8) is 0 Å². The quantitative estimate of drug-likeness (QED) is 0.278. The van der Waals surface area contributed by atoms with Crippen LogP contribution in [0.15, 0.2) is 36.4 Å². The van der Waals surface area contributed by atoms with Crippen molar-refractivity contribution in [2.75, 3.05) is 18.5 Å². The summed E-state index contributed by atoms with van der Waals surface area (Å²) >= 11 is 5.04. The van der Waals surface area contributed by atoms with Crippen molar-refractivity contribution >= 4 is 40.8 Å². The van der Waals surface area contributed by atoms with Gasteiger partial charge in [0.2, 0.25) is 5.91 Å². The molecule has 2 amide bonds. The molecule has 0 radical (unpaired) electrons. The minimum Gasteiger partial charge on any atom is -0.463 e. The van der Waals surface area contributed by atoms with Gasteiger partial charge in [0.05, 0.1) is 6.61 Å². The number of thiocarbonyl (C=S) groups is 1. The van der Waals surface area contributed by atoms with Gasteiger partial charge >= 0.3 is 5.97 Å². The Balaban J connectivity index is 2.56. The van der Waals surface area contributed by atoms with Gasteiger partial charge in [0, 0.05) is 29.9 Å². The van der Waals surface area contributed by atoms with E-state index in [1.165, 1.54) is 0 Å². The Morgan fingerprint density at radius 3 is 2.65 bits per heavy atom. The summed E-state index contributed by atoms with van der Waals surface area (Å²) < 4.78 is 4.67. The first kappa shape index (κ1) is 21.3. The van der Waals surface area contributed by atoms with Gasteiger partial charge in [0.15, 0.2) is 5.11 Å². The first-order valence-corrected chi connectivity index (χ1v) is 8.72. The summed E-state index contributed by atoms with van der Waals surface area (Å²) in [4.78, 5) is 34.9. The second kappa shape index (κ2) is 11.8. The average Bonchev–Trinajstić information content (AvgIpc) is 2.60. The maximum Gasteiger partial charge on any atom is 0.330 e. The van der Waals surface area contributed by atoms with Gasteiger partial charge in [0.1, 0.15) is 0 Å². The van der Waals surface area contributed by atoms with Crippen LogP contribution in [0.1, 0.15) is 37.0 Å². The van der Waals surface area contributed by atoms with Gasteiger partial charge in [-0.05, 0) is 43.8 Å². The zero-order valence-electron chi connectivity index (χ0n) is 14.8. The lowest BCUT2D eigenvalue weighted by molar-refractivity contribution is -0.137. The summed E-state index contributed by atoms with van der Waals surface area (Å²) in [6.45, 7) is 4.57. The van der Waals surface area contributed by atoms with Crippen LogP contribution >= 0.6 is 12.2 Å². The minimum atomic E-state index is -0.608. The van der Waals surface area contributed by atoms with Crippen LogP contribution in [-0.4, -0.2) is 36.0 Å². The highest BCUT2D eigenvalue weighted by Crippen LogP contribution is 2.10. The molecule has 1 aromatic rings. The molecule has 0 unspecified atom stereocenters. The number of unbranched alkanes of at least 4 members (excludes halogenated alkanes) is 1. The van der Waals surface area contributed by atoms with Crippen molar-refractivity contribution in [3.8, 4) is 0 Å². The second-order valence-electron chi connectivity index (χ2n) is 5.22. The predicted molar refractivity (Wildman–Crippen MR) is 104 cm³/mol. The number of hydrogen-bond acceptors (Lipinski definition) is 5. The van der Waals surface area contributed by atoms with E-state index in [2.05, 4.69) is 20.7 Å². The van der Waals surface area contributed by atoms with E-state index in [1.807, 2.05) is 6.92 Å². The molecule has 0 atom stereocenters. The number of benzene rings is 1. The minimum absolute atomic E-state index is 0.0482. The molecule has 26 heavy (non-hydrogen) atoms. The molecule has 7 nitrogen and oxygen atoms in total. The lowest BCUT2D eigenvalue weighted by Crippen LogP contribution is -2.33. The third-order valence-electron chi connectivity index (χ3n) is 3.09. The van der Waals surface area contributed by atoms with Gasteiger partial charge < -0.3 is 15.4 Å². The van der Waals surface area contributed by atoms with Crippen molar-refractivity contribution in [2.45, 2.75) is 26.7 Å². The van der Waals surface area contributed by atoms with E-state index in [0.717, 1.165) is 25.0 Å². The molecular formula is C18H23N3O4S. The molecule has 0 heterocycles. The number of esters is 1. The number of nitrogens with one attached hydrogen (secondary N) is 3. The van der Waals surface area contributed by atoms with Crippen LogP contribution < -0.4 is 16.0 Å². The predicted octanol–water partition coefficient (Wildman–Crippen LogP) is 2.15. The number of ether oxygens (including phenoxy) is 1. The molecule has 0 saturated carbocycles. The highest BCUT2D eigenvalue weighted by molar-refractivity contribution is 7.80. The topological polar surface area (TPSA) is 96.5 Å². The molecule has 3 N–H and O–H groups in total. The second-order valence-corrected chi connectivity index (χ2v) is 5.63. The maximum atomic E-state index is 12.0. The van der Waals surface area contributed by atoms with Gasteiger partial charge in [-0.3, -0.25) is 14.9 Å². The SMILES string of the molecule is CCCCNC(=O)c1cccc(NC(=S)NC(=O)C=CC(=O)OCC)c1. The first-order chi connectivity index (χ1) is 12.5. The van der Waals surface area contributed by atoms with Crippen LogP contribution in [0.2, 0.25) is 0 Å². The molecule has 8 heteroatoms. The molecule has 0 aliphatic carbocycles. The molecule has 0 saturated heterocycles. The lowest BCUT2D eigenvalue weighted by atomic mass is 10.2. The molecule has 0 spiro atoms. The molecular weight excluding hydrogens is 354 g/mol. The molecule has 0 aliphatic rings. The van der Waals surface area contributed by atoms with E-state index in [1.54, 1.807) is 31.2 Å².